The third kappa shape index (κ3) is 3.67. The Kier molecular flexibility index (Phi) is 4.52. The standard InChI is InChI=1S/C14H20N2/c1-11(8-15)9-16(4)10-14-6-5-12(2)13(3)7-14/h5-7,11H,9-10H2,1-4H3. The second-order valence-electron chi connectivity index (χ2n) is 4.65. The highest BCUT2D eigenvalue weighted by molar-refractivity contribution is 5.29. The van der Waals surface area contributed by atoms with Crippen molar-refractivity contribution in [2.24, 2.45) is 5.92 Å². The summed E-state index contributed by atoms with van der Waals surface area (Å²) in [6, 6.07) is 8.81. The summed E-state index contributed by atoms with van der Waals surface area (Å²) in [5.74, 6) is 0.0940. The monoisotopic (exact) mass is 216 g/mol. The molecule has 0 bridgehead atoms. The van der Waals surface area contributed by atoms with Crippen molar-refractivity contribution in [1.29, 1.82) is 5.26 Å². The maximum Gasteiger partial charge on any atom is 0.0666 e. The van der Waals surface area contributed by atoms with Crippen LogP contribution in [0.3, 0.4) is 0 Å². The molecular formula is C14H20N2. The lowest BCUT2D eigenvalue weighted by Crippen LogP contribution is -2.23. The lowest BCUT2D eigenvalue weighted by atomic mass is 10.1. The van der Waals surface area contributed by atoms with Gasteiger partial charge >= 0.3 is 0 Å². The molecule has 0 aliphatic heterocycles. The molecule has 0 saturated carbocycles. The molecule has 0 heterocycles. The Morgan fingerprint density at radius 3 is 2.56 bits per heavy atom. The van der Waals surface area contributed by atoms with Crippen molar-refractivity contribution in [3.05, 3.63) is 34.9 Å². The van der Waals surface area contributed by atoms with Crippen LogP contribution in [0, 0.1) is 31.1 Å². The Balaban J connectivity index is 2.60. The summed E-state index contributed by atoms with van der Waals surface area (Å²) in [6.07, 6.45) is 0. The first-order valence-electron chi connectivity index (χ1n) is 5.67. The lowest BCUT2D eigenvalue weighted by Gasteiger charge is -2.18. The number of nitriles is 1. The molecule has 2 nitrogen and oxygen atoms in total. The molecule has 0 spiro atoms. The van der Waals surface area contributed by atoms with E-state index < -0.39 is 0 Å². The van der Waals surface area contributed by atoms with Crippen LogP contribution in [0.5, 0.6) is 0 Å². The maximum absolute atomic E-state index is 8.75. The van der Waals surface area contributed by atoms with Crippen LogP contribution in [0.15, 0.2) is 18.2 Å². The third-order valence-electron chi connectivity index (χ3n) is 2.83. The quantitative estimate of drug-likeness (QED) is 0.773. The molecule has 0 aliphatic rings. The van der Waals surface area contributed by atoms with Crippen LogP contribution < -0.4 is 0 Å². The van der Waals surface area contributed by atoms with Crippen molar-refractivity contribution < 1.29 is 0 Å². The number of hydrogen-bond acceptors (Lipinski definition) is 2. The van der Waals surface area contributed by atoms with Gasteiger partial charge in [-0.2, -0.15) is 5.26 Å². The second kappa shape index (κ2) is 5.67. The van der Waals surface area contributed by atoms with Gasteiger partial charge in [0.05, 0.1) is 12.0 Å². The van der Waals surface area contributed by atoms with Crippen molar-refractivity contribution in [3.8, 4) is 6.07 Å². The third-order valence-corrected chi connectivity index (χ3v) is 2.83. The number of nitrogens with zero attached hydrogens (tertiary/aromatic N) is 2. The fraction of sp³-hybridized carbons (Fsp3) is 0.500. The largest absolute Gasteiger partial charge is 0.301 e. The molecule has 0 N–H and O–H groups in total. The average Bonchev–Trinajstić information content (AvgIpc) is 2.23. The lowest BCUT2D eigenvalue weighted by molar-refractivity contribution is 0.303. The highest BCUT2D eigenvalue weighted by Crippen LogP contribution is 2.11. The van der Waals surface area contributed by atoms with Crippen molar-refractivity contribution >= 4 is 0 Å². The number of benzene rings is 1. The minimum atomic E-state index is 0.0940. The van der Waals surface area contributed by atoms with Gasteiger partial charge in [0.25, 0.3) is 0 Å². The topological polar surface area (TPSA) is 27.0 Å². The normalized spacial score (nSPS) is 12.5. The molecule has 16 heavy (non-hydrogen) atoms. The van der Waals surface area contributed by atoms with Gasteiger partial charge in [-0.25, -0.2) is 0 Å². The average molecular weight is 216 g/mol. The Morgan fingerprint density at radius 2 is 2.00 bits per heavy atom. The molecular weight excluding hydrogens is 196 g/mol. The summed E-state index contributed by atoms with van der Waals surface area (Å²) < 4.78 is 0. The zero-order chi connectivity index (χ0) is 12.1. The van der Waals surface area contributed by atoms with Crippen LogP contribution in [0.1, 0.15) is 23.6 Å². The minimum Gasteiger partial charge on any atom is -0.301 e. The van der Waals surface area contributed by atoms with E-state index in [1.807, 2.05) is 6.92 Å². The Labute approximate surface area is 98.5 Å². The molecule has 86 valence electrons. The maximum atomic E-state index is 8.75. The second-order valence-corrected chi connectivity index (χ2v) is 4.65. The van der Waals surface area contributed by atoms with E-state index >= 15 is 0 Å². The van der Waals surface area contributed by atoms with Crippen molar-refractivity contribution in [1.82, 2.24) is 4.90 Å². The molecule has 1 rings (SSSR count). The van der Waals surface area contributed by atoms with Crippen LogP contribution in [-0.4, -0.2) is 18.5 Å². The SMILES string of the molecule is Cc1ccc(CN(C)CC(C)C#N)cc1C. The number of aryl methyl sites for hydroxylation is 2. The van der Waals surface area contributed by atoms with Crippen LogP contribution in [0.2, 0.25) is 0 Å². The van der Waals surface area contributed by atoms with E-state index in [1.54, 1.807) is 0 Å². The highest BCUT2D eigenvalue weighted by atomic mass is 15.1. The van der Waals surface area contributed by atoms with Crippen LogP contribution in [0.25, 0.3) is 0 Å². The number of hydrogen-bond donors (Lipinski definition) is 0. The molecule has 0 aromatic heterocycles. The summed E-state index contributed by atoms with van der Waals surface area (Å²) in [4.78, 5) is 2.19. The Morgan fingerprint density at radius 1 is 1.31 bits per heavy atom. The smallest absolute Gasteiger partial charge is 0.0666 e. The molecule has 0 fully saturated rings. The van der Waals surface area contributed by atoms with Gasteiger partial charge in [0, 0.05) is 13.1 Å². The predicted octanol–water partition coefficient (Wildman–Crippen LogP) is 2.89. The summed E-state index contributed by atoms with van der Waals surface area (Å²) in [5, 5.41) is 8.75. The first-order valence-corrected chi connectivity index (χ1v) is 5.67. The molecule has 0 radical (unpaired) electrons. The molecule has 1 atom stereocenters. The molecule has 0 aliphatic carbocycles. The van der Waals surface area contributed by atoms with Gasteiger partial charge in [-0.05, 0) is 44.5 Å². The molecule has 0 saturated heterocycles. The molecule has 1 aromatic carbocycles. The van der Waals surface area contributed by atoms with Crippen LogP contribution in [0.4, 0.5) is 0 Å². The predicted molar refractivity (Wildman–Crippen MR) is 67.0 cm³/mol. The van der Waals surface area contributed by atoms with Crippen molar-refractivity contribution in [2.45, 2.75) is 27.3 Å². The molecule has 1 aromatic rings. The fourth-order valence-electron chi connectivity index (χ4n) is 1.79. The zero-order valence-corrected chi connectivity index (χ0v) is 10.6. The summed E-state index contributed by atoms with van der Waals surface area (Å²) in [6.45, 7) is 7.95. The van der Waals surface area contributed by atoms with Gasteiger partial charge < -0.3 is 4.90 Å². The van der Waals surface area contributed by atoms with E-state index in [2.05, 4.69) is 50.1 Å². The van der Waals surface area contributed by atoms with E-state index in [0.29, 0.717) is 0 Å². The molecule has 1 unspecified atom stereocenters. The Hall–Kier alpha value is -1.33. The van der Waals surface area contributed by atoms with Crippen LogP contribution >= 0.6 is 0 Å². The summed E-state index contributed by atoms with van der Waals surface area (Å²) in [5.41, 5.74) is 3.98. The first kappa shape index (κ1) is 12.7. The molecule has 0 amide bonds. The van der Waals surface area contributed by atoms with Crippen LogP contribution in [-0.2, 0) is 6.54 Å². The summed E-state index contributed by atoms with van der Waals surface area (Å²) in [7, 11) is 2.06. The Bertz CT molecular complexity index is 390. The van der Waals surface area contributed by atoms with Gasteiger partial charge in [0.1, 0.15) is 0 Å². The zero-order valence-electron chi connectivity index (χ0n) is 10.6. The van der Waals surface area contributed by atoms with E-state index in [1.165, 1.54) is 16.7 Å². The van der Waals surface area contributed by atoms with Crippen molar-refractivity contribution in [3.63, 3.8) is 0 Å². The number of rotatable bonds is 4. The van der Waals surface area contributed by atoms with Gasteiger partial charge in [-0.15, -0.1) is 0 Å². The van der Waals surface area contributed by atoms with Gasteiger partial charge in [-0.3, -0.25) is 0 Å². The van der Waals surface area contributed by atoms with Gasteiger partial charge in [0.2, 0.25) is 0 Å². The van der Waals surface area contributed by atoms with E-state index in [-0.39, 0.29) is 5.92 Å². The van der Waals surface area contributed by atoms with E-state index in [0.717, 1.165) is 13.1 Å². The fourth-order valence-corrected chi connectivity index (χ4v) is 1.79. The van der Waals surface area contributed by atoms with Crippen molar-refractivity contribution in [2.75, 3.05) is 13.6 Å². The first-order chi connectivity index (χ1) is 7.52. The molecule has 2 heteroatoms. The van der Waals surface area contributed by atoms with E-state index in [4.69, 9.17) is 5.26 Å². The van der Waals surface area contributed by atoms with Gasteiger partial charge in [0.15, 0.2) is 0 Å². The van der Waals surface area contributed by atoms with E-state index in [9.17, 15) is 0 Å². The highest BCUT2D eigenvalue weighted by Gasteiger charge is 2.06. The van der Waals surface area contributed by atoms with Gasteiger partial charge in [-0.1, -0.05) is 18.2 Å². The summed E-state index contributed by atoms with van der Waals surface area (Å²) >= 11 is 0. The minimum absolute atomic E-state index is 0.0940.